The van der Waals surface area contributed by atoms with E-state index in [-0.39, 0.29) is 6.03 Å². The standard InChI is InChI=1S/C16H25N3O3S/c1-18(14-7-4-3-5-8-14)11-6-10-17-16(20)19-12-9-15(13-19)23(2,21)22/h3-5,7-8,15H,6,9-13H2,1-2H3,(H,17,20)/t15-/m1/s1. The number of carbonyl (C=O) groups is 1. The molecule has 1 aromatic carbocycles. The minimum Gasteiger partial charge on any atom is -0.375 e. The van der Waals surface area contributed by atoms with E-state index in [0.717, 1.165) is 18.7 Å². The highest BCUT2D eigenvalue weighted by atomic mass is 32.2. The van der Waals surface area contributed by atoms with Crippen molar-refractivity contribution in [2.75, 3.05) is 44.4 Å². The number of nitrogens with one attached hydrogen (secondary N) is 1. The molecule has 0 unspecified atom stereocenters. The van der Waals surface area contributed by atoms with Crippen LogP contribution < -0.4 is 10.2 Å². The number of benzene rings is 1. The Hall–Kier alpha value is -1.76. The number of rotatable bonds is 6. The molecule has 1 N–H and O–H groups in total. The predicted octanol–water partition coefficient (Wildman–Crippen LogP) is 1.34. The number of urea groups is 1. The molecule has 1 atom stereocenters. The van der Waals surface area contributed by atoms with Gasteiger partial charge in [-0.25, -0.2) is 13.2 Å². The SMILES string of the molecule is CN(CCCNC(=O)N1CC[C@@H](S(C)(=O)=O)C1)c1ccccc1. The molecule has 7 heteroatoms. The highest BCUT2D eigenvalue weighted by molar-refractivity contribution is 7.91. The van der Waals surface area contributed by atoms with Crippen LogP contribution in [-0.2, 0) is 9.84 Å². The molecular weight excluding hydrogens is 314 g/mol. The fourth-order valence-electron chi connectivity index (χ4n) is 2.70. The van der Waals surface area contributed by atoms with E-state index >= 15 is 0 Å². The molecule has 0 saturated carbocycles. The molecule has 1 saturated heterocycles. The van der Waals surface area contributed by atoms with E-state index in [0.29, 0.717) is 26.1 Å². The Labute approximate surface area is 138 Å². The number of hydrogen-bond acceptors (Lipinski definition) is 4. The van der Waals surface area contributed by atoms with Crippen molar-refractivity contribution in [2.45, 2.75) is 18.1 Å². The summed E-state index contributed by atoms with van der Waals surface area (Å²) in [5.74, 6) is 0. The molecule has 1 fully saturated rings. The van der Waals surface area contributed by atoms with Crippen molar-refractivity contribution in [1.82, 2.24) is 10.2 Å². The summed E-state index contributed by atoms with van der Waals surface area (Å²) in [6.45, 7) is 2.23. The fourth-order valence-corrected chi connectivity index (χ4v) is 3.68. The second-order valence-corrected chi connectivity index (χ2v) is 8.35. The largest absolute Gasteiger partial charge is 0.375 e. The Morgan fingerprint density at radius 3 is 2.65 bits per heavy atom. The number of sulfone groups is 1. The lowest BCUT2D eigenvalue weighted by Crippen LogP contribution is -2.40. The number of amides is 2. The van der Waals surface area contributed by atoms with Crippen LogP contribution in [0.4, 0.5) is 10.5 Å². The van der Waals surface area contributed by atoms with Gasteiger partial charge in [-0.05, 0) is 25.0 Å². The maximum absolute atomic E-state index is 12.0. The smallest absolute Gasteiger partial charge is 0.317 e. The van der Waals surface area contributed by atoms with Gasteiger partial charge in [0.2, 0.25) is 0 Å². The molecular formula is C16H25N3O3S. The van der Waals surface area contributed by atoms with Crippen molar-refractivity contribution >= 4 is 21.6 Å². The van der Waals surface area contributed by atoms with Crippen molar-refractivity contribution in [1.29, 1.82) is 0 Å². The van der Waals surface area contributed by atoms with Gasteiger partial charge in [-0.3, -0.25) is 0 Å². The van der Waals surface area contributed by atoms with Crippen LogP contribution in [0.3, 0.4) is 0 Å². The predicted molar refractivity (Wildman–Crippen MR) is 92.5 cm³/mol. The molecule has 23 heavy (non-hydrogen) atoms. The summed E-state index contributed by atoms with van der Waals surface area (Å²) in [6.07, 6.45) is 2.60. The third kappa shape index (κ3) is 5.13. The molecule has 1 aliphatic heterocycles. The topological polar surface area (TPSA) is 69.7 Å². The Kier molecular flexibility index (Phi) is 5.87. The monoisotopic (exact) mass is 339 g/mol. The molecule has 2 rings (SSSR count). The van der Waals surface area contributed by atoms with Crippen molar-refractivity contribution in [3.63, 3.8) is 0 Å². The van der Waals surface area contributed by atoms with Gasteiger partial charge in [-0.15, -0.1) is 0 Å². The molecule has 1 aromatic rings. The van der Waals surface area contributed by atoms with Crippen LogP contribution in [0.1, 0.15) is 12.8 Å². The number of para-hydroxylation sites is 1. The van der Waals surface area contributed by atoms with Crippen LogP contribution >= 0.6 is 0 Å². The van der Waals surface area contributed by atoms with Gasteiger partial charge in [-0.2, -0.15) is 0 Å². The highest BCUT2D eigenvalue weighted by Gasteiger charge is 2.32. The molecule has 0 spiro atoms. The lowest BCUT2D eigenvalue weighted by atomic mass is 10.3. The van der Waals surface area contributed by atoms with E-state index in [9.17, 15) is 13.2 Å². The molecule has 6 nitrogen and oxygen atoms in total. The fraction of sp³-hybridized carbons (Fsp3) is 0.562. The molecule has 1 heterocycles. The Morgan fingerprint density at radius 2 is 2.04 bits per heavy atom. The van der Waals surface area contributed by atoms with Crippen molar-refractivity contribution in [2.24, 2.45) is 0 Å². The second kappa shape index (κ2) is 7.68. The Morgan fingerprint density at radius 1 is 1.35 bits per heavy atom. The lowest BCUT2D eigenvalue weighted by molar-refractivity contribution is 0.209. The summed E-state index contributed by atoms with van der Waals surface area (Å²) in [5.41, 5.74) is 1.15. The Balaban J connectivity index is 1.68. The zero-order valence-electron chi connectivity index (χ0n) is 13.7. The molecule has 1 aliphatic rings. The average Bonchev–Trinajstić information content (AvgIpc) is 3.02. The molecule has 2 amide bonds. The lowest BCUT2D eigenvalue weighted by Gasteiger charge is -2.20. The first-order chi connectivity index (χ1) is 10.9. The van der Waals surface area contributed by atoms with Crippen LogP contribution in [0.15, 0.2) is 30.3 Å². The maximum Gasteiger partial charge on any atom is 0.317 e. The molecule has 128 valence electrons. The summed E-state index contributed by atoms with van der Waals surface area (Å²) < 4.78 is 23.0. The first-order valence-electron chi connectivity index (χ1n) is 7.86. The zero-order chi connectivity index (χ0) is 16.9. The summed E-state index contributed by atoms with van der Waals surface area (Å²) >= 11 is 0. The average molecular weight is 339 g/mol. The molecule has 0 aliphatic carbocycles. The zero-order valence-corrected chi connectivity index (χ0v) is 14.6. The van der Waals surface area contributed by atoms with Crippen LogP contribution in [0.25, 0.3) is 0 Å². The number of hydrogen-bond donors (Lipinski definition) is 1. The molecule has 0 radical (unpaired) electrons. The van der Waals surface area contributed by atoms with Gasteiger partial charge in [-0.1, -0.05) is 18.2 Å². The molecule has 0 bridgehead atoms. The first-order valence-corrected chi connectivity index (χ1v) is 9.81. The molecule has 0 aromatic heterocycles. The minimum atomic E-state index is -3.06. The van der Waals surface area contributed by atoms with Gasteiger partial charge in [0.1, 0.15) is 0 Å². The van der Waals surface area contributed by atoms with E-state index < -0.39 is 15.1 Å². The van der Waals surface area contributed by atoms with Gasteiger partial charge >= 0.3 is 6.03 Å². The normalized spacial score (nSPS) is 18.0. The number of carbonyl (C=O) groups excluding carboxylic acids is 1. The van der Waals surface area contributed by atoms with Gasteiger partial charge in [0.25, 0.3) is 0 Å². The van der Waals surface area contributed by atoms with E-state index in [4.69, 9.17) is 0 Å². The highest BCUT2D eigenvalue weighted by Crippen LogP contribution is 2.16. The van der Waals surface area contributed by atoms with Crippen molar-refractivity contribution in [3.8, 4) is 0 Å². The summed E-state index contributed by atoms with van der Waals surface area (Å²) in [5, 5.41) is 2.45. The van der Waals surface area contributed by atoms with Crippen molar-refractivity contribution in [3.05, 3.63) is 30.3 Å². The summed E-state index contributed by atoms with van der Waals surface area (Å²) in [4.78, 5) is 15.8. The van der Waals surface area contributed by atoms with E-state index in [2.05, 4.69) is 10.2 Å². The van der Waals surface area contributed by atoms with Gasteiger partial charge in [0.05, 0.1) is 5.25 Å². The summed E-state index contributed by atoms with van der Waals surface area (Å²) in [7, 11) is -1.04. The first kappa shape index (κ1) is 17.6. The third-order valence-corrected chi connectivity index (χ3v) is 5.78. The van der Waals surface area contributed by atoms with Gasteiger partial charge < -0.3 is 15.1 Å². The van der Waals surface area contributed by atoms with Crippen molar-refractivity contribution < 1.29 is 13.2 Å². The number of nitrogens with zero attached hydrogens (tertiary/aromatic N) is 2. The van der Waals surface area contributed by atoms with Crippen LogP contribution in [-0.4, -0.2) is 64.1 Å². The van der Waals surface area contributed by atoms with E-state index in [1.807, 2.05) is 37.4 Å². The maximum atomic E-state index is 12.0. The third-order valence-electron chi connectivity index (χ3n) is 4.18. The van der Waals surface area contributed by atoms with Gasteiger partial charge in [0.15, 0.2) is 9.84 Å². The Bertz CT molecular complexity index is 619. The van der Waals surface area contributed by atoms with Crippen LogP contribution in [0.5, 0.6) is 0 Å². The quantitative estimate of drug-likeness (QED) is 0.794. The summed E-state index contributed by atoms with van der Waals surface area (Å²) in [6, 6.07) is 9.91. The number of likely N-dealkylation sites (tertiary alicyclic amines) is 1. The minimum absolute atomic E-state index is 0.168. The van der Waals surface area contributed by atoms with Crippen LogP contribution in [0, 0.1) is 0 Å². The van der Waals surface area contributed by atoms with E-state index in [1.165, 1.54) is 6.26 Å². The van der Waals surface area contributed by atoms with Crippen LogP contribution in [0.2, 0.25) is 0 Å². The number of anilines is 1. The second-order valence-electron chi connectivity index (χ2n) is 6.03. The van der Waals surface area contributed by atoms with E-state index in [1.54, 1.807) is 4.90 Å². The van der Waals surface area contributed by atoms with Gasteiger partial charge in [0, 0.05) is 45.2 Å².